The van der Waals surface area contributed by atoms with Gasteiger partial charge in [-0.1, -0.05) is 28.9 Å². The average molecular weight is 334 g/mol. The fourth-order valence-electron chi connectivity index (χ4n) is 1.82. The normalized spacial score (nSPS) is 12.7. The van der Waals surface area contributed by atoms with Crippen LogP contribution in [0.3, 0.4) is 0 Å². The second-order valence-electron chi connectivity index (χ2n) is 3.97. The molecule has 0 aliphatic rings. The van der Waals surface area contributed by atoms with Crippen molar-refractivity contribution in [2.75, 3.05) is 6.54 Å². The zero-order valence-electron chi connectivity index (χ0n) is 10.7. The molecule has 0 radical (unpaired) electrons. The van der Waals surface area contributed by atoms with Gasteiger partial charge in [-0.2, -0.15) is 13.2 Å². The second kappa shape index (κ2) is 6.97. The van der Waals surface area contributed by atoms with Gasteiger partial charge in [0, 0.05) is 16.9 Å². The first-order valence-corrected chi connectivity index (χ1v) is 6.69. The second-order valence-corrected chi connectivity index (χ2v) is 4.89. The SMILES string of the molecule is CC#CCC(NCC)c1ccc(Br)cc1C(F)(F)F. The standard InChI is InChI=1S/C14H15BrF3N/c1-3-5-6-13(19-4-2)11-8-7-10(15)9-12(11)14(16,17)18/h7-9,13,19H,4,6H2,1-2H3. The lowest BCUT2D eigenvalue weighted by molar-refractivity contribution is -0.138. The molecule has 0 aromatic heterocycles. The molecular formula is C14H15BrF3N. The van der Waals surface area contributed by atoms with E-state index >= 15 is 0 Å². The smallest absolute Gasteiger partial charge is 0.309 e. The van der Waals surface area contributed by atoms with Crippen molar-refractivity contribution < 1.29 is 13.2 Å². The van der Waals surface area contributed by atoms with Gasteiger partial charge in [-0.15, -0.1) is 11.8 Å². The van der Waals surface area contributed by atoms with E-state index in [9.17, 15) is 13.2 Å². The van der Waals surface area contributed by atoms with Crippen LogP contribution in [0.1, 0.15) is 37.4 Å². The van der Waals surface area contributed by atoms with E-state index in [-0.39, 0.29) is 5.56 Å². The summed E-state index contributed by atoms with van der Waals surface area (Å²) in [5.74, 6) is 5.55. The zero-order valence-corrected chi connectivity index (χ0v) is 12.3. The summed E-state index contributed by atoms with van der Waals surface area (Å²) in [4.78, 5) is 0. The summed E-state index contributed by atoms with van der Waals surface area (Å²) in [5.41, 5.74) is -0.383. The maximum absolute atomic E-state index is 13.1. The number of nitrogens with one attached hydrogen (secondary N) is 1. The Balaban J connectivity index is 3.23. The Morgan fingerprint density at radius 2 is 2.05 bits per heavy atom. The van der Waals surface area contributed by atoms with Crippen LogP contribution in [0.25, 0.3) is 0 Å². The summed E-state index contributed by atoms with van der Waals surface area (Å²) in [6.45, 7) is 4.12. The highest BCUT2D eigenvalue weighted by molar-refractivity contribution is 9.10. The van der Waals surface area contributed by atoms with E-state index in [0.717, 1.165) is 6.07 Å². The lowest BCUT2D eigenvalue weighted by Gasteiger charge is -2.21. The van der Waals surface area contributed by atoms with Crippen LogP contribution in [0.4, 0.5) is 13.2 Å². The summed E-state index contributed by atoms with van der Waals surface area (Å²) >= 11 is 3.08. The average Bonchev–Trinajstić information content (AvgIpc) is 2.33. The van der Waals surface area contributed by atoms with E-state index in [1.54, 1.807) is 13.0 Å². The van der Waals surface area contributed by atoms with Gasteiger partial charge >= 0.3 is 6.18 Å². The van der Waals surface area contributed by atoms with Gasteiger partial charge in [0.2, 0.25) is 0 Å². The quantitative estimate of drug-likeness (QED) is 0.798. The summed E-state index contributed by atoms with van der Waals surface area (Å²) < 4.78 is 39.6. The summed E-state index contributed by atoms with van der Waals surface area (Å²) in [7, 11) is 0. The number of rotatable bonds is 4. The molecule has 1 nitrogen and oxygen atoms in total. The van der Waals surface area contributed by atoms with Crippen LogP contribution in [-0.2, 0) is 6.18 Å². The van der Waals surface area contributed by atoms with Crippen LogP contribution in [0.15, 0.2) is 22.7 Å². The monoisotopic (exact) mass is 333 g/mol. The van der Waals surface area contributed by atoms with Gasteiger partial charge < -0.3 is 5.32 Å². The van der Waals surface area contributed by atoms with Crippen molar-refractivity contribution in [1.29, 1.82) is 0 Å². The number of benzene rings is 1. The van der Waals surface area contributed by atoms with Crippen molar-refractivity contribution >= 4 is 15.9 Å². The third kappa shape index (κ3) is 4.55. The van der Waals surface area contributed by atoms with E-state index in [0.29, 0.717) is 17.4 Å². The molecule has 0 saturated carbocycles. The highest BCUT2D eigenvalue weighted by Gasteiger charge is 2.35. The molecule has 1 aromatic rings. The summed E-state index contributed by atoms with van der Waals surface area (Å²) in [6.07, 6.45) is -4.01. The molecule has 0 amide bonds. The lowest BCUT2D eigenvalue weighted by atomic mass is 9.97. The Kier molecular flexibility index (Phi) is 5.89. The lowest BCUT2D eigenvalue weighted by Crippen LogP contribution is -2.23. The largest absolute Gasteiger partial charge is 0.416 e. The Morgan fingerprint density at radius 1 is 1.37 bits per heavy atom. The first-order chi connectivity index (χ1) is 8.90. The van der Waals surface area contributed by atoms with E-state index in [1.165, 1.54) is 6.07 Å². The van der Waals surface area contributed by atoms with Crippen LogP contribution in [0.5, 0.6) is 0 Å². The molecule has 0 fully saturated rings. The van der Waals surface area contributed by atoms with Crippen LogP contribution < -0.4 is 5.32 Å². The molecule has 1 aromatic carbocycles. The number of alkyl halides is 3. The van der Waals surface area contributed by atoms with Crippen molar-refractivity contribution in [3.05, 3.63) is 33.8 Å². The Hall–Kier alpha value is -0.990. The Morgan fingerprint density at radius 3 is 2.58 bits per heavy atom. The van der Waals surface area contributed by atoms with Gasteiger partial charge in [-0.3, -0.25) is 0 Å². The highest BCUT2D eigenvalue weighted by atomic mass is 79.9. The minimum absolute atomic E-state index is 0.236. The molecule has 104 valence electrons. The van der Waals surface area contributed by atoms with Crippen LogP contribution in [0.2, 0.25) is 0 Å². The predicted octanol–water partition coefficient (Wildman–Crippen LogP) is 4.53. The highest BCUT2D eigenvalue weighted by Crippen LogP contribution is 2.37. The van der Waals surface area contributed by atoms with Crippen molar-refractivity contribution in [3.63, 3.8) is 0 Å². The topological polar surface area (TPSA) is 12.0 Å². The van der Waals surface area contributed by atoms with E-state index < -0.39 is 17.8 Å². The van der Waals surface area contributed by atoms with Gasteiger partial charge in [0.25, 0.3) is 0 Å². The summed E-state index contributed by atoms with van der Waals surface area (Å²) in [5, 5.41) is 3.05. The maximum atomic E-state index is 13.1. The first kappa shape index (κ1) is 16.1. The van der Waals surface area contributed by atoms with Crippen LogP contribution >= 0.6 is 15.9 Å². The Labute approximate surface area is 119 Å². The Bertz CT molecular complexity index is 486. The molecule has 0 spiro atoms. The molecule has 1 atom stereocenters. The van der Waals surface area contributed by atoms with Crippen molar-refractivity contribution in [3.8, 4) is 11.8 Å². The zero-order chi connectivity index (χ0) is 14.5. The third-order valence-electron chi connectivity index (χ3n) is 2.63. The van der Waals surface area contributed by atoms with Crippen molar-refractivity contribution in [2.24, 2.45) is 0 Å². The molecule has 1 N–H and O–H groups in total. The van der Waals surface area contributed by atoms with Crippen LogP contribution in [0, 0.1) is 11.8 Å². The molecule has 5 heteroatoms. The first-order valence-electron chi connectivity index (χ1n) is 5.89. The van der Waals surface area contributed by atoms with Gasteiger partial charge in [-0.25, -0.2) is 0 Å². The molecule has 0 saturated heterocycles. The summed E-state index contributed by atoms with van der Waals surface area (Å²) in [6, 6.07) is 3.81. The third-order valence-corrected chi connectivity index (χ3v) is 3.12. The molecule has 0 heterocycles. The number of hydrogen-bond donors (Lipinski definition) is 1. The van der Waals surface area contributed by atoms with Gasteiger partial charge in [0.1, 0.15) is 0 Å². The van der Waals surface area contributed by atoms with Gasteiger partial charge in [-0.05, 0) is 31.2 Å². The molecule has 0 aliphatic heterocycles. The molecular weight excluding hydrogens is 319 g/mol. The molecule has 0 aliphatic carbocycles. The van der Waals surface area contributed by atoms with Crippen molar-refractivity contribution in [2.45, 2.75) is 32.5 Å². The van der Waals surface area contributed by atoms with E-state index in [1.807, 2.05) is 6.92 Å². The predicted molar refractivity (Wildman–Crippen MR) is 73.6 cm³/mol. The maximum Gasteiger partial charge on any atom is 0.416 e. The van der Waals surface area contributed by atoms with Gasteiger partial charge in [0.05, 0.1) is 5.56 Å². The van der Waals surface area contributed by atoms with Gasteiger partial charge in [0.15, 0.2) is 0 Å². The fraction of sp³-hybridized carbons (Fsp3) is 0.429. The molecule has 0 bridgehead atoms. The molecule has 19 heavy (non-hydrogen) atoms. The van der Waals surface area contributed by atoms with Crippen molar-refractivity contribution in [1.82, 2.24) is 5.32 Å². The number of halogens is 4. The van der Waals surface area contributed by atoms with Crippen LogP contribution in [-0.4, -0.2) is 6.54 Å². The minimum Gasteiger partial charge on any atom is -0.309 e. The fourth-order valence-corrected chi connectivity index (χ4v) is 2.18. The number of hydrogen-bond acceptors (Lipinski definition) is 1. The minimum atomic E-state index is -4.37. The molecule has 1 rings (SSSR count). The molecule has 1 unspecified atom stereocenters. The van der Waals surface area contributed by atoms with E-state index in [2.05, 4.69) is 33.1 Å². The van der Waals surface area contributed by atoms with E-state index in [4.69, 9.17) is 0 Å².